The highest BCUT2D eigenvalue weighted by molar-refractivity contribution is 5.95. The Bertz CT molecular complexity index is 482. The summed E-state index contributed by atoms with van der Waals surface area (Å²) in [4.78, 5) is 16.1. The molecule has 2 rings (SSSR count). The quantitative estimate of drug-likeness (QED) is 0.825. The molecule has 1 atom stereocenters. The Balaban J connectivity index is 2.02. The van der Waals surface area contributed by atoms with Gasteiger partial charge in [-0.3, -0.25) is 14.6 Å². The van der Waals surface area contributed by atoms with Crippen molar-refractivity contribution in [1.82, 2.24) is 10.2 Å². The lowest BCUT2D eigenvalue weighted by atomic mass is 10.2. The number of hydrogen-bond donors (Lipinski definition) is 1. The van der Waals surface area contributed by atoms with Crippen LogP contribution >= 0.6 is 0 Å². The number of amides is 1. The second-order valence-electron chi connectivity index (χ2n) is 5.06. The van der Waals surface area contributed by atoms with Crippen LogP contribution in [0.15, 0.2) is 30.3 Å². The van der Waals surface area contributed by atoms with E-state index in [9.17, 15) is 4.79 Å². The summed E-state index contributed by atoms with van der Waals surface area (Å²) < 4.78 is 0. The predicted octanol–water partition coefficient (Wildman–Crippen LogP) is 0.837. The number of carbonyl (C=O) groups excluding carboxylic acids is 1. The molecule has 1 amide bonds. The zero-order valence-corrected chi connectivity index (χ0v) is 11.7. The second kappa shape index (κ2) is 7.04. The lowest BCUT2D eigenvalue weighted by molar-refractivity contribution is -0.119. The zero-order valence-electron chi connectivity index (χ0n) is 11.7. The highest BCUT2D eigenvalue weighted by atomic mass is 16.2. The van der Waals surface area contributed by atoms with Crippen LogP contribution in [0.2, 0.25) is 0 Å². The molecule has 1 aliphatic heterocycles. The maximum Gasteiger partial charge on any atom is 0.242 e. The lowest BCUT2D eigenvalue weighted by Gasteiger charge is -2.32. The van der Waals surface area contributed by atoms with Crippen LogP contribution in [0, 0.1) is 11.3 Å². The molecule has 1 aromatic carbocycles. The maximum absolute atomic E-state index is 12.4. The van der Waals surface area contributed by atoms with E-state index in [1.54, 1.807) is 4.90 Å². The molecule has 5 nitrogen and oxygen atoms in total. The van der Waals surface area contributed by atoms with Crippen LogP contribution in [0.3, 0.4) is 0 Å². The van der Waals surface area contributed by atoms with Crippen LogP contribution in [-0.4, -0.2) is 49.6 Å². The summed E-state index contributed by atoms with van der Waals surface area (Å²) in [6.07, 6.45) is 0. The number of nitrogens with one attached hydrogen (secondary N) is 1. The van der Waals surface area contributed by atoms with E-state index < -0.39 is 0 Å². The van der Waals surface area contributed by atoms with E-state index in [4.69, 9.17) is 5.26 Å². The fourth-order valence-electron chi connectivity index (χ4n) is 2.43. The van der Waals surface area contributed by atoms with E-state index in [2.05, 4.69) is 23.2 Å². The Morgan fingerprint density at radius 1 is 1.50 bits per heavy atom. The Hall–Kier alpha value is -1.90. The number of piperazine rings is 1. The molecule has 0 aromatic heterocycles. The van der Waals surface area contributed by atoms with E-state index in [0.717, 1.165) is 25.3 Å². The third kappa shape index (κ3) is 3.80. The lowest BCUT2D eigenvalue weighted by Crippen LogP contribution is -2.52. The first-order valence-electron chi connectivity index (χ1n) is 6.89. The molecule has 0 bridgehead atoms. The maximum atomic E-state index is 12.4. The Morgan fingerprint density at radius 3 is 2.90 bits per heavy atom. The van der Waals surface area contributed by atoms with Gasteiger partial charge in [-0.15, -0.1) is 0 Å². The van der Waals surface area contributed by atoms with Crippen LogP contribution in [0.25, 0.3) is 0 Å². The molecule has 1 fully saturated rings. The molecule has 1 aromatic rings. The van der Waals surface area contributed by atoms with Crippen molar-refractivity contribution >= 4 is 11.6 Å². The van der Waals surface area contributed by atoms with Crippen molar-refractivity contribution < 1.29 is 4.79 Å². The van der Waals surface area contributed by atoms with Crippen LogP contribution in [0.1, 0.15) is 6.92 Å². The van der Waals surface area contributed by atoms with Crippen LogP contribution in [-0.2, 0) is 4.79 Å². The van der Waals surface area contributed by atoms with Crippen molar-refractivity contribution in [3.05, 3.63) is 30.3 Å². The largest absolute Gasteiger partial charge is 0.312 e. The third-order valence-corrected chi connectivity index (χ3v) is 3.41. The number of benzene rings is 1. The first kappa shape index (κ1) is 14.5. The summed E-state index contributed by atoms with van der Waals surface area (Å²) in [5.74, 6) is -0.0214. The van der Waals surface area contributed by atoms with Crippen molar-refractivity contribution in [2.75, 3.05) is 37.6 Å². The summed E-state index contributed by atoms with van der Waals surface area (Å²) in [7, 11) is 0. The Morgan fingerprint density at radius 2 is 2.25 bits per heavy atom. The standard InChI is InChI=1S/C15H20N4O/c1-13-11-18(10-8-17-13)12-15(20)19(9-7-16)14-5-3-2-4-6-14/h2-6,13,17H,8-12H2,1H3/t13-/m0/s1. The van der Waals surface area contributed by atoms with E-state index in [-0.39, 0.29) is 12.5 Å². The van der Waals surface area contributed by atoms with Gasteiger partial charge in [-0.25, -0.2) is 0 Å². The molecule has 5 heteroatoms. The number of nitrogens with zero attached hydrogens (tertiary/aromatic N) is 3. The van der Waals surface area contributed by atoms with E-state index in [0.29, 0.717) is 12.6 Å². The van der Waals surface area contributed by atoms with Crippen molar-refractivity contribution in [3.63, 3.8) is 0 Å². The number of hydrogen-bond acceptors (Lipinski definition) is 4. The fourth-order valence-corrected chi connectivity index (χ4v) is 2.43. The van der Waals surface area contributed by atoms with E-state index in [1.807, 2.05) is 30.3 Å². The molecule has 0 saturated carbocycles. The van der Waals surface area contributed by atoms with Gasteiger partial charge in [0, 0.05) is 31.4 Å². The highest BCUT2D eigenvalue weighted by Crippen LogP contribution is 2.13. The normalized spacial score (nSPS) is 19.3. The van der Waals surface area contributed by atoms with Gasteiger partial charge in [-0.05, 0) is 19.1 Å². The summed E-state index contributed by atoms with van der Waals surface area (Å²) in [6, 6.07) is 11.8. The molecule has 1 N–H and O–H groups in total. The number of rotatable bonds is 4. The number of para-hydroxylation sites is 1. The Kier molecular flexibility index (Phi) is 5.10. The van der Waals surface area contributed by atoms with E-state index >= 15 is 0 Å². The minimum absolute atomic E-state index is 0.0214. The highest BCUT2D eigenvalue weighted by Gasteiger charge is 2.22. The van der Waals surface area contributed by atoms with Crippen molar-refractivity contribution in [3.8, 4) is 6.07 Å². The van der Waals surface area contributed by atoms with Gasteiger partial charge in [0.1, 0.15) is 6.54 Å². The molecule has 0 spiro atoms. The van der Waals surface area contributed by atoms with E-state index in [1.165, 1.54) is 0 Å². The molecule has 106 valence electrons. The monoisotopic (exact) mass is 272 g/mol. The summed E-state index contributed by atoms with van der Waals surface area (Å²) in [6.45, 7) is 5.19. The number of anilines is 1. The summed E-state index contributed by atoms with van der Waals surface area (Å²) in [5.41, 5.74) is 0.780. The molecule has 20 heavy (non-hydrogen) atoms. The average molecular weight is 272 g/mol. The molecular weight excluding hydrogens is 252 g/mol. The summed E-state index contributed by atoms with van der Waals surface area (Å²) >= 11 is 0. The zero-order chi connectivity index (χ0) is 14.4. The number of nitriles is 1. The van der Waals surface area contributed by atoms with Gasteiger partial charge in [0.2, 0.25) is 5.91 Å². The van der Waals surface area contributed by atoms with Gasteiger partial charge >= 0.3 is 0 Å². The van der Waals surface area contributed by atoms with Crippen molar-refractivity contribution in [2.24, 2.45) is 0 Å². The van der Waals surface area contributed by atoms with Crippen molar-refractivity contribution in [1.29, 1.82) is 5.26 Å². The van der Waals surface area contributed by atoms with Gasteiger partial charge in [0.15, 0.2) is 0 Å². The molecule has 1 heterocycles. The van der Waals surface area contributed by atoms with Gasteiger partial charge in [0.25, 0.3) is 0 Å². The number of carbonyl (C=O) groups is 1. The van der Waals surface area contributed by atoms with Crippen LogP contribution < -0.4 is 10.2 Å². The topological polar surface area (TPSA) is 59.4 Å². The average Bonchev–Trinajstić information content (AvgIpc) is 2.45. The van der Waals surface area contributed by atoms with Gasteiger partial charge < -0.3 is 5.32 Å². The second-order valence-corrected chi connectivity index (χ2v) is 5.06. The first-order valence-corrected chi connectivity index (χ1v) is 6.89. The minimum atomic E-state index is -0.0214. The molecule has 0 aliphatic carbocycles. The molecule has 0 unspecified atom stereocenters. The van der Waals surface area contributed by atoms with Crippen LogP contribution in [0.5, 0.6) is 0 Å². The minimum Gasteiger partial charge on any atom is -0.312 e. The predicted molar refractivity (Wildman–Crippen MR) is 78.3 cm³/mol. The SMILES string of the molecule is C[C@H]1CN(CC(=O)N(CC#N)c2ccccc2)CCN1. The fraction of sp³-hybridized carbons (Fsp3) is 0.467. The smallest absolute Gasteiger partial charge is 0.242 e. The third-order valence-electron chi connectivity index (χ3n) is 3.41. The van der Waals surface area contributed by atoms with Gasteiger partial charge in [0.05, 0.1) is 12.6 Å². The van der Waals surface area contributed by atoms with Crippen molar-refractivity contribution in [2.45, 2.75) is 13.0 Å². The summed E-state index contributed by atoms with van der Waals surface area (Å²) in [5, 5.41) is 12.3. The van der Waals surface area contributed by atoms with Gasteiger partial charge in [-0.2, -0.15) is 5.26 Å². The molecule has 1 aliphatic rings. The molecular formula is C15H20N4O. The first-order chi connectivity index (χ1) is 9.70. The molecule has 1 saturated heterocycles. The Labute approximate surface area is 119 Å². The van der Waals surface area contributed by atoms with Gasteiger partial charge in [-0.1, -0.05) is 18.2 Å². The molecule has 0 radical (unpaired) electrons. The van der Waals surface area contributed by atoms with Crippen LogP contribution in [0.4, 0.5) is 5.69 Å².